The molecule has 0 radical (unpaired) electrons. The first-order valence-electron chi connectivity index (χ1n) is 6.58. The van der Waals surface area contributed by atoms with Crippen molar-refractivity contribution in [3.63, 3.8) is 0 Å². The van der Waals surface area contributed by atoms with Crippen LogP contribution in [0, 0.1) is 5.92 Å². The fraction of sp³-hybridized carbons (Fsp3) is 0.846. The third-order valence-corrected chi connectivity index (χ3v) is 3.46. The van der Waals surface area contributed by atoms with Crippen LogP contribution in [0.1, 0.15) is 52.4 Å². The summed E-state index contributed by atoms with van der Waals surface area (Å²) in [5.74, 6) is -0.648. The number of rotatable bonds is 5. The monoisotopic (exact) mass is 241 g/mol. The predicted octanol–water partition coefficient (Wildman–Crippen LogP) is 2.28. The van der Waals surface area contributed by atoms with Crippen molar-refractivity contribution in [2.24, 2.45) is 5.92 Å². The highest BCUT2D eigenvalue weighted by molar-refractivity contribution is 5.79. The molecule has 1 saturated heterocycles. The Labute approximate surface area is 103 Å². The summed E-state index contributed by atoms with van der Waals surface area (Å²) in [6.45, 7) is 4.73. The first kappa shape index (κ1) is 14.0. The summed E-state index contributed by atoms with van der Waals surface area (Å²) in [5.41, 5.74) is 0. The van der Waals surface area contributed by atoms with Crippen molar-refractivity contribution in [2.45, 2.75) is 58.4 Å². The minimum atomic E-state index is -0.808. The molecule has 0 bridgehead atoms. The van der Waals surface area contributed by atoms with Gasteiger partial charge in [0, 0.05) is 18.5 Å². The molecule has 4 heteroatoms. The van der Waals surface area contributed by atoms with Crippen LogP contribution in [-0.4, -0.2) is 34.5 Å². The number of amides is 1. The topological polar surface area (TPSA) is 57.6 Å². The molecule has 1 fully saturated rings. The van der Waals surface area contributed by atoms with Crippen LogP contribution in [0.25, 0.3) is 0 Å². The van der Waals surface area contributed by atoms with Crippen molar-refractivity contribution in [3.8, 4) is 0 Å². The molecule has 0 spiro atoms. The smallest absolute Gasteiger partial charge is 0.305 e. The first-order valence-corrected chi connectivity index (χ1v) is 6.58. The van der Waals surface area contributed by atoms with Gasteiger partial charge in [-0.25, -0.2) is 0 Å². The van der Waals surface area contributed by atoms with Crippen molar-refractivity contribution in [3.05, 3.63) is 0 Å². The summed E-state index contributed by atoms with van der Waals surface area (Å²) < 4.78 is 0. The molecule has 17 heavy (non-hydrogen) atoms. The molecule has 1 rings (SSSR count). The van der Waals surface area contributed by atoms with Gasteiger partial charge in [-0.2, -0.15) is 0 Å². The van der Waals surface area contributed by atoms with Gasteiger partial charge < -0.3 is 10.0 Å². The van der Waals surface area contributed by atoms with Gasteiger partial charge >= 0.3 is 5.97 Å². The molecule has 1 amide bonds. The summed E-state index contributed by atoms with van der Waals surface area (Å²) in [7, 11) is 0. The van der Waals surface area contributed by atoms with E-state index < -0.39 is 5.97 Å². The zero-order valence-corrected chi connectivity index (χ0v) is 10.8. The van der Waals surface area contributed by atoms with E-state index in [4.69, 9.17) is 5.11 Å². The summed E-state index contributed by atoms with van der Waals surface area (Å²) in [4.78, 5) is 24.8. The second-order valence-corrected chi connectivity index (χ2v) is 4.97. The number of nitrogens with zero attached hydrogens (tertiary/aromatic N) is 1. The molecule has 2 unspecified atom stereocenters. The minimum Gasteiger partial charge on any atom is -0.481 e. The van der Waals surface area contributed by atoms with E-state index in [0.717, 1.165) is 38.6 Å². The summed E-state index contributed by atoms with van der Waals surface area (Å²) in [6.07, 6.45) is 4.82. The molecule has 1 heterocycles. The van der Waals surface area contributed by atoms with Gasteiger partial charge in [-0.1, -0.05) is 20.3 Å². The van der Waals surface area contributed by atoms with E-state index in [-0.39, 0.29) is 24.3 Å². The van der Waals surface area contributed by atoms with Crippen LogP contribution in [0.2, 0.25) is 0 Å². The van der Waals surface area contributed by atoms with E-state index in [1.54, 1.807) is 4.90 Å². The lowest BCUT2D eigenvalue weighted by Crippen LogP contribution is -2.46. The molecular weight excluding hydrogens is 218 g/mol. The lowest BCUT2D eigenvalue weighted by Gasteiger charge is -2.36. The number of likely N-dealkylation sites (tertiary alicyclic amines) is 1. The first-order chi connectivity index (χ1) is 8.06. The maximum Gasteiger partial charge on any atom is 0.305 e. The van der Waals surface area contributed by atoms with Crippen LogP contribution in [-0.2, 0) is 9.59 Å². The Bertz CT molecular complexity index is 278. The van der Waals surface area contributed by atoms with E-state index in [1.165, 1.54) is 0 Å². The average Bonchev–Trinajstić information content (AvgIpc) is 2.28. The molecule has 2 atom stereocenters. The maximum atomic E-state index is 12.2. The van der Waals surface area contributed by atoms with Crippen LogP contribution in [0.15, 0.2) is 0 Å². The Balaban J connectivity index is 2.63. The SMILES string of the molecule is CCCC(C)C(=O)N1CCCCC1CC(=O)O. The number of carbonyl (C=O) groups excluding carboxylic acids is 1. The van der Waals surface area contributed by atoms with E-state index in [2.05, 4.69) is 6.92 Å². The number of aliphatic carboxylic acids is 1. The minimum absolute atomic E-state index is 0.0226. The highest BCUT2D eigenvalue weighted by atomic mass is 16.4. The number of carboxylic acids is 1. The van der Waals surface area contributed by atoms with Gasteiger partial charge in [0.25, 0.3) is 0 Å². The Morgan fingerprint density at radius 3 is 2.71 bits per heavy atom. The van der Waals surface area contributed by atoms with E-state index in [0.29, 0.717) is 0 Å². The average molecular weight is 241 g/mol. The van der Waals surface area contributed by atoms with E-state index in [9.17, 15) is 9.59 Å². The molecule has 0 aliphatic carbocycles. The number of piperidine rings is 1. The van der Waals surface area contributed by atoms with Gasteiger partial charge in [-0.3, -0.25) is 9.59 Å². The molecular formula is C13H23NO3. The van der Waals surface area contributed by atoms with Crippen LogP contribution in [0.4, 0.5) is 0 Å². The van der Waals surface area contributed by atoms with Crippen molar-refractivity contribution >= 4 is 11.9 Å². The van der Waals surface area contributed by atoms with E-state index in [1.807, 2.05) is 6.92 Å². The highest BCUT2D eigenvalue weighted by Gasteiger charge is 2.30. The molecule has 4 nitrogen and oxygen atoms in total. The fourth-order valence-corrected chi connectivity index (χ4v) is 2.54. The molecule has 1 N–H and O–H groups in total. The largest absolute Gasteiger partial charge is 0.481 e. The van der Waals surface area contributed by atoms with Gasteiger partial charge in [-0.15, -0.1) is 0 Å². The summed E-state index contributed by atoms with van der Waals surface area (Å²) in [5, 5.41) is 8.87. The van der Waals surface area contributed by atoms with Gasteiger partial charge in [0.15, 0.2) is 0 Å². The van der Waals surface area contributed by atoms with Crippen LogP contribution in [0.5, 0.6) is 0 Å². The zero-order valence-electron chi connectivity index (χ0n) is 10.8. The molecule has 98 valence electrons. The normalized spacial score (nSPS) is 22.2. The number of hydrogen-bond donors (Lipinski definition) is 1. The van der Waals surface area contributed by atoms with Gasteiger partial charge in [0.2, 0.25) is 5.91 Å². The maximum absolute atomic E-state index is 12.2. The second kappa shape index (κ2) is 6.62. The standard InChI is InChI=1S/C13H23NO3/c1-3-6-10(2)13(17)14-8-5-4-7-11(14)9-12(15)16/h10-11H,3-9H2,1-2H3,(H,15,16). The predicted molar refractivity (Wildman–Crippen MR) is 65.7 cm³/mol. The molecule has 0 aromatic heterocycles. The molecule has 0 saturated carbocycles. The Morgan fingerprint density at radius 1 is 1.41 bits per heavy atom. The third kappa shape index (κ3) is 4.02. The van der Waals surface area contributed by atoms with Crippen molar-refractivity contribution < 1.29 is 14.7 Å². The number of carbonyl (C=O) groups is 2. The molecule has 1 aliphatic rings. The van der Waals surface area contributed by atoms with Crippen molar-refractivity contribution in [2.75, 3.05) is 6.54 Å². The zero-order chi connectivity index (χ0) is 12.8. The molecule has 1 aliphatic heterocycles. The van der Waals surface area contributed by atoms with E-state index >= 15 is 0 Å². The van der Waals surface area contributed by atoms with Gasteiger partial charge in [0.05, 0.1) is 6.42 Å². The third-order valence-electron chi connectivity index (χ3n) is 3.46. The highest BCUT2D eigenvalue weighted by Crippen LogP contribution is 2.23. The lowest BCUT2D eigenvalue weighted by molar-refractivity contribution is -0.143. The number of carboxylic acid groups (broad SMARTS) is 1. The lowest BCUT2D eigenvalue weighted by atomic mass is 9.96. The van der Waals surface area contributed by atoms with Gasteiger partial charge in [0.1, 0.15) is 0 Å². The van der Waals surface area contributed by atoms with Crippen molar-refractivity contribution in [1.29, 1.82) is 0 Å². The second-order valence-electron chi connectivity index (χ2n) is 4.97. The number of hydrogen-bond acceptors (Lipinski definition) is 2. The summed E-state index contributed by atoms with van der Waals surface area (Å²) >= 11 is 0. The fourth-order valence-electron chi connectivity index (χ4n) is 2.54. The van der Waals surface area contributed by atoms with Crippen molar-refractivity contribution in [1.82, 2.24) is 4.90 Å². The Kier molecular flexibility index (Phi) is 5.45. The van der Waals surface area contributed by atoms with Crippen LogP contribution in [0.3, 0.4) is 0 Å². The Hall–Kier alpha value is -1.06. The van der Waals surface area contributed by atoms with Crippen LogP contribution >= 0.6 is 0 Å². The summed E-state index contributed by atoms with van der Waals surface area (Å²) in [6, 6.07) is -0.0898. The molecule has 0 aromatic rings. The Morgan fingerprint density at radius 2 is 2.12 bits per heavy atom. The molecule has 0 aromatic carbocycles. The van der Waals surface area contributed by atoms with Gasteiger partial charge in [-0.05, 0) is 25.7 Å². The van der Waals surface area contributed by atoms with Crippen LogP contribution < -0.4 is 0 Å². The quantitative estimate of drug-likeness (QED) is 0.803.